The van der Waals surface area contributed by atoms with Crippen molar-refractivity contribution in [1.29, 1.82) is 0 Å². The predicted octanol–water partition coefficient (Wildman–Crippen LogP) is 1.24. The Morgan fingerprint density at radius 2 is 2.37 bits per heavy atom. The lowest BCUT2D eigenvalue weighted by atomic mass is 10.2. The molecule has 5 nitrogen and oxygen atoms in total. The van der Waals surface area contributed by atoms with Crippen LogP contribution in [0.2, 0.25) is 0 Å². The standard InChI is InChI=1S/C14H21N3O2/c1-10-7-12(15)3-4-13(10)16-14(18)8-17-5-6-19-9-11(17)2/h3-4,7,11H,5-6,8-9,15H2,1-2H3,(H,16,18). The Hall–Kier alpha value is -1.59. The number of amides is 1. The van der Waals surface area contributed by atoms with Crippen LogP contribution in [0.25, 0.3) is 0 Å². The van der Waals surface area contributed by atoms with Crippen LogP contribution >= 0.6 is 0 Å². The molecule has 0 radical (unpaired) electrons. The molecule has 0 saturated carbocycles. The third kappa shape index (κ3) is 3.68. The maximum Gasteiger partial charge on any atom is 0.238 e. The molecule has 0 aromatic heterocycles. The van der Waals surface area contributed by atoms with E-state index in [1.54, 1.807) is 6.07 Å². The fraction of sp³-hybridized carbons (Fsp3) is 0.500. The van der Waals surface area contributed by atoms with Crippen LogP contribution in [0, 0.1) is 6.92 Å². The number of carbonyl (C=O) groups is 1. The summed E-state index contributed by atoms with van der Waals surface area (Å²) < 4.78 is 5.36. The van der Waals surface area contributed by atoms with Gasteiger partial charge in [-0.05, 0) is 37.6 Å². The van der Waals surface area contributed by atoms with Gasteiger partial charge in [0.05, 0.1) is 19.8 Å². The van der Waals surface area contributed by atoms with Crippen LogP contribution in [0.1, 0.15) is 12.5 Å². The Morgan fingerprint density at radius 1 is 1.58 bits per heavy atom. The van der Waals surface area contributed by atoms with Crippen LogP contribution in [0.3, 0.4) is 0 Å². The van der Waals surface area contributed by atoms with Gasteiger partial charge in [-0.1, -0.05) is 0 Å². The molecule has 1 amide bonds. The average Bonchev–Trinajstić information content (AvgIpc) is 2.36. The first-order valence-corrected chi connectivity index (χ1v) is 6.54. The number of benzene rings is 1. The number of morpholine rings is 1. The van der Waals surface area contributed by atoms with E-state index in [1.165, 1.54) is 0 Å². The SMILES string of the molecule is Cc1cc(N)ccc1NC(=O)CN1CCOCC1C. The zero-order chi connectivity index (χ0) is 13.8. The van der Waals surface area contributed by atoms with Crippen LogP contribution in [0.15, 0.2) is 18.2 Å². The van der Waals surface area contributed by atoms with Crippen LogP contribution in [-0.4, -0.2) is 43.2 Å². The molecule has 19 heavy (non-hydrogen) atoms. The number of ether oxygens (including phenoxy) is 1. The number of nitrogens with one attached hydrogen (secondary N) is 1. The fourth-order valence-corrected chi connectivity index (χ4v) is 2.20. The highest BCUT2D eigenvalue weighted by Crippen LogP contribution is 2.17. The van der Waals surface area contributed by atoms with Crippen LogP contribution in [0.4, 0.5) is 11.4 Å². The number of aryl methyl sites for hydroxylation is 1. The van der Waals surface area contributed by atoms with E-state index < -0.39 is 0 Å². The summed E-state index contributed by atoms with van der Waals surface area (Å²) in [5, 5.41) is 2.93. The summed E-state index contributed by atoms with van der Waals surface area (Å²) in [5.74, 6) is 0.00150. The topological polar surface area (TPSA) is 67.6 Å². The third-order valence-electron chi connectivity index (χ3n) is 3.38. The van der Waals surface area contributed by atoms with E-state index in [0.717, 1.165) is 17.8 Å². The first-order valence-electron chi connectivity index (χ1n) is 6.54. The van der Waals surface area contributed by atoms with E-state index in [9.17, 15) is 4.79 Å². The first-order chi connectivity index (χ1) is 9.06. The van der Waals surface area contributed by atoms with Crippen molar-refractivity contribution in [2.75, 3.05) is 37.4 Å². The molecule has 2 rings (SSSR count). The van der Waals surface area contributed by atoms with Crippen LogP contribution in [-0.2, 0) is 9.53 Å². The Bertz CT molecular complexity index is 462. The number of nitrogen functional groups attached to an aromatic ring is 1. The summed E-state index contributed by atoms with van der Waals surface area (Å²) >= 11 is 0. The number of nitrogens with two attached hydrogens (primary N) is 1. The molecule has 3 N–H and O–H groups in total. The van der Waals surface area contributed by atoms with Gasteiger partial charge in [0, 0.05) is 24.0 Å². The molecule has 5 heteroatoms. The molecule has 0 spiro atoms. The monoisotopic (exact) mass is 263 g/mol. The van der Waals surface area contributed by atoms with Crippen molar-refractivity contribution in [2.24, 2.45) is 0 Å². The quantitative estimate of drug-likeness (QED) is 0.805. The Labute approximate surface area is 113 Å². The maximum absolute atomic E-state index is 12.0. The summed E-state index contributed by atoms with van der Waals surface area (Å²) in [6, 6.07) is 5.77. The number of hydrogen-bond donors (Lipinski definition) is 2. The minimum atomic E-state index is 0.00150. The second-order valence-electron chi connectivity index (χ2n) is 5.02. The molecule has 0 aliphatic carbocycles. The summed E-state index contributed by atoms with van der Waals surface area (Å²) in [7, 11) is 0. The van der Waals surface area contributed by atoms with Crippen molar-refractivity contribution in [3.63, 3.8) is 0 Å². The molecule has 1 aromatic carbocycles. The number of rotatable bonds is 3. The molecule has 1 heterocycles. The minimum Gasteiger partial charge on any atom is -0.399 e. The van der Waals surface area contributed by atoms with E-state index in [1.807, 2.05) is 19.1 Å². The Kier molecular flexibility index (Phi) is 4.39. The van der Waals surface area contributed by atoms with Gasteiger partial charge in [-0.2, -0.15) is 0 Å². The predicted molar refractivity (Wildman–Crippen MR) is 76.1 cm³/mol. The van der Waals surface area contributed by atoms with Gasteiger partial charge < -0.3 is 15.8 Å². The highest BCUT2D eigenvalue weighted by Gasteiger charge is 2.21. The number of nitrogens with zero attached hydrogens (tertiary/aromatic N) is 1. The van der Waals surface area contributed by atoms with Crippen LogP contribution in [0.5, 0.6) is 0 Å². The van der Waals surface area contributed by atoms with Crippen molar-refractivity contribution in [1.82, 2.24) is 4.90 Å². The van der Waals surface area contributed by atoms with Gasteiger partial charge in [0.2, 0.25) is 5.91 Å². The van der Waals surface area contributed by atoms with E-state index in [4.69, 9.17) is 10.5 Å². The lowest BCUT2D eigenvalue weighted by molar-refractivity contribution is -0.119. The number of anilines is 2. The van der Waals surface area contributed by atoms with E-state index >= 15 is 0 Å². The van der Waals surface area contributed by atoms with E-state index in [0.29, 0.717) is 25.4 Å². The second-order valence-corrected chi connectivity index (χ2v) is 5.02. The first kappa shape index (κ1) is 13.8. The van der Waals surface area contributed by atoms with Crippen molar-refractivity contribution < 1.29 is 9.53 Å². The van der Waals surface area contributed by atoms with Gasteiger partial charge in [-0.25, -0.2) is 0 Å². The fourth-order valence-electron chi connectivity index (χ4n) is 2.20. The van der Waals surface area contributed by atoms with Crippen molar-refractivity contribution in [3.8, 4) is 0 Å². The molecule has 1 aromatic rings. The Balaban J connectivity index is 1.93. The molecule has 1 aliphatic heterocycles. The molecule has 0 bridgehead atoms. The van der Waals surface area contributed by atoms with Gasteiger partial charge in [-0.15, -0.1) is 0 Å². The molecule has 1 saturated heterocycles. The summed E-state index contributed by atoms with van der Waals surface area (Å²) in [6.45, 7) is 6.58. The maximum atomic E-state index is 12.0. The van der Waals surface area contributed by atoms with Gasteiger partial charge in [0.1, 0.15) is 0 Å². The number of carbonyl (C=O) groups excluding carboxylic acids is 1. The number of hydrogen-bond acceptors (Lipinski definition) is 4. The normalized spacial score (nSPS) is 20.2. The highest BCUT2D eigenvalue weighted by molar-refractivity contribution is 5.93. The van der Waals surface area contributed by atoms with E-state index in [2.05, 4.69) is 17.1 Å². The average molecular weight is 263 g/mol. The molecule has 1 fully saturated rings. The van der Waals surface area contributed by atoms with E-state index in [-0.39, 0.29) is 11.9 Å². The largest absolute Gasteiger partial charge is 0.399 e. The van der Waals surface area contributed by atoms with Gasteiger partial charge >= 0.3 is 0 Å². The van der Waals surface area contributed by atoms with Gasteiger partial charge in [0.15, 0.2) is 0 Å². The van der Waals surface area contributed by atoms with Crippen molar-refractivity contribution >= 4 is 17.3 Å². The molecule has 1 aliphatic rings. The van der Waals surface area contributed by atoms with Crippen molar-refractivity contribution in [2.45, 2.75) is 19.9 Å². The Morgan fingerprint density at radius 3 is 3.05 bits per heavy atom. The second kappa shape index (κ2) is 6.04. The summed E-state index contributed by atoms with van der Waals surface area (Å²) in [6.07, 6.45) is 0. The zero-order valence-corrected chi connectivity index (χ0v) is 11.5. The highest BCUT2D eigenvalue weighted by atomic mass is 16.5. The molecule has 1 unspecified atom stereocenters. The molecule has 1 atom stereocenters. The van der Waals surface area contributed by atoms with Gasteiger partial charge in [0.25, 0.3) is 0 Å². The summed E-state index contributed by atoms with van der Waals surface area (Å²) in [5.41, 5.74) is 8.19. The third-order valence-corrected chi connectivity index (χ3v) is 3.38. The minimum absolute atomic E-state index is 0.00150. The lowest BCUT2D eigenvalue weighted by Crippen LogP contribution is -2.47. The van der Waals surface area contributed by atoms with Gasteiger partial charge in [-0.3, -0.25) is 9.69 Å². The molecule has 104 valence electrons. The smallest absolute Gasteiger partial charge is 0.238 e. The van der Waals surface area contributed by atoms with Crippen LogP contribution < -0.4 is 11.1 Å². The summed E-state index contributed by atoms with van der Waals surface area (Å²) in [4.78, 5) is 14.2. The molecular weight excluding hydrogens is 242 g/mol. The zero-order valence-electron chi connectivity index (χ0n) is 11.5. The van der Waals surface area contributed by atoms with Crippen molar-refractivity contribution in [3.05, 3.63) is 23.8 Å². The lowest BCUT2D eigenvalue weighted by Gasteiger charge is -2.32. The molecular formula is C14H21N3O2.